The number of hydrogen-bond acceptors (Lipinski definition) is 4. The lowest BCUT2D eigenvalue weighted by Gasteiger charge is -2.18. The van der Waals surface area contributed by atoms with Crippen LogP contribution in [-0.4, -0.2) is 37.1 Å². The Morgan fingerprint density at radius 2 is 2.00 bits per heavy atom. The number of anilines is 1. The van der Waals surface area contributed by atoms with Crippen molar-refractivity contribution < 1.29 is 14.3 Å². The molecular weight excluding hydrogens is 328 g/mol. The molecule has 0 aliphatic carbocycles. The highest BCUT2D eigenvalue weighted by atomic mass is 16.5. The number of hydrogen-bond donors (Lipinski definition) is 1. The van der Waals surface area contributed by atoms with Crippen LogP contribution >= 0.6 is 0 Å². The molecule has 0 saturated carbocycles. The lowest BCUT2D eigenvalue weighted by Crippen LogP contribution is -2.25. The van der Waals surface area contributed by atoms with Gasteiger partial charge in [0.05, 0.1) is 0 Å². The summed E-state index contributed by atoms with van der Waals surface area (Å²) in [5.41, 5.74) is 2.79. The molecule has 26 heavy (non-hydrogen) atoms. The van der Waals surface area contributed by atoms with Crippen LogP contribution in [-0.2, 0) is 17.8 Å². The van der Waals surface area contributed by atoms with Gasteiger partial charge in [0.15, 0.2) is 18.1 Å². The van der Waals surface area contributed by atoms with Crippen LogP contribution in [0.3, 0.4) is 0 Å². The highest BCUT2D eigenvalue weighted by Gasteiger charge is 2.32. The standard InChI is InChI=1S/C21H26N2O3/c1-21(2)12-16-8-6-10-18(20(16)26-21)25-14-19(24)22-17-9-5-7-15(11-17)13-23(3)4/h5-11H,12-14H2,1-4H3,(H,22,24). The van der Waals surface area contributed by atoms with Gasteiger partial charge in [-0.1, -0.05) is 24.3 Å². The summed E-state index contributed by atoms with van der Waals surface area (Å²) in [6.45, 7) is 4.86. The number of benzene rings is 2. The maximum atomic E-state index is 12.3. The van der Waals surface area contributed by atoms with E-state index < -0.39 is 0 Å². The second-order valence-corrected chi connectivity index (χ2v) is 7.56. The maximum absolute atomic E-state index is 12.3. The highest BCUT2D eigenvalue weighted by molar-refractivity contribution is 5.92. The molecule has 0 aromatic heterocycles. The molecule has 5 nitrogen and oxygen atoms in total. The summed E-state index contributed by atoms with van der Waals surface area (Å²) in [7, 11) is 4.03. The van der Waals surface area contributed by atoms with Crippen molar-refractivity contribution in [3.63, 3.8) is 0 Å². The minimum Gasteiger partial charge on any atom is -0.483 e. The van der Waals surface area contributed by atoms with Crippen LogP contribution in [0.4, 0.5) is 5.69 Å². The van der Waals surface area contributed by atoms with Crippen LogP contribution in [0.5, 0.6) is 11.5 Å². The predicted molar refractivity (Wildman–Crippen MR) is 103 cm³/mol. The first-order valence-electron chi connectivity index (χ1n) is 8.80. The molecule has 138 valence electrons. The van der Waals surface area contributed by atoms with Crippen LogP contribution < -0.4 is 14.8 Å². The van der Waals surface area contributed by atoms with E-state index in [2.05, 4.69) is 10.2 Å². The average molecular weight is 354 g/mol. The molecule has 1 heterocycles. The van der Waals surface area contributed by atoms with E-state index >= 15 is 0 Å². The van der Waals surface area contributed by atoms with Gasteiger partial charge in [-0.15, -0.1) is 0 Å². The molecule has 0 fully saturated rings. The molecule has 0 spiro atoms. The van der Waals surface area contributed by atoms with Gasteiger partial charge in [0.1, 0.15) is 5.60 Å². The van der Waals surface area contributed by atoms with Gasteiger partial charge in [-0.2, -0.15) is 0 Å². The predicted octanol–water partition coefficient (Wildman–Crippen LogP) is 3.48. The number of para-hydroxylation sites is 1. The van der Waals surface area contributed by atoms with Crippen molar-refractivity contribution in [3.05, 3.63) is 53.6 Å². The average Bonchev–Trinajstić information content (AvgIpc) is 2.87. The van der Waals surface area contributed by atoms with Crippen molar-refractivity contribution >= 4 is 11.6 Å². The summed E-state index contributed by atoms with van der Waals surface area (Å²) in [5, 5.41) is 2.89. The fraction of sp³-hybridized carbons (Fsp3) is 0.381. The van der Waals surface area contributed by atoms with Crippen LogP contribution in [0.25, 0.3) is 0 Å². The Kier molecular flexibility index (Phi) is 5.18. The second kappa shape index (κ2) is 7.38. The Labute approximate surface area is 154 Å². The fourth-order valence-electron chi connectivity index (χ4n) is 3.15. The first-order chi connectivity index (χ1) is 12.3. The summed E-state index contributed by atoms with van der Waals surface area (Å²) in [4.78, 5) is 14.3. The van der Waals surface area contributed by atoms with Crippen molar-refractivity contribution in [2.45, 2.75) is 32.4 Å². The molecule has 0 unspecified atom stereocenters. The molecule has 5 heteroatoms. The van der Waals surface area contributed by atoms with Crippen LogP contribution in [0.2, 0.25) is 0 Å². The first-order valence-corrected chi connectivity index (χ1v) is 8.80. The van der Waals surface area contributed by atoms with Gasteiger partial charge >= 0.3 is 0 Å². The third kappa shape index (κ3) is 4.55. The van der Waals surface area contributed by atoms with Gasteiger partial charge in [0.2, 0.25) is 0 Å². The van der Waals surface area contributed by atoms with Crippen molar-refractivity contribution in [2.24, 2.45) is 0 Å². The molecule has 3 rings (SSSR count). The Morgan fingerprint density at radius 1 is 1.23 bits per heavy atom. The SMILES string of the molecule is CN(C)Cc1cccc(NC(=O)COc2cccc3c2OC(C)(C)C3)c1. The zero-order valence-electron chi connectivity index (χ0n) is 15.8. The topological polar surface area (TPSA) is 50.8 Å². The number of rotatable bonds is 6. The van der Waals surface area contributed by atoms with E-state index in [1.54, 1.807) is 0 Å². The molecule has 2 aromatic rings. The smallest absolute Gasteiger partial charge is 0.262 e. The summed E-state index contributed by atoms with van der Waals surface area (Å²) in [6.07, 6.45) is 0.838. The second-order valence-electron chi connectivity index (χ2n) is 7.56. The van der Waals surface area contributed by atoms with Crippen molar-refractivity contribution in [1.29, 1.82) is 0 Å². The number of nitrogens with one attached hydrogen (secondary N) is 1. The Bertz CT molecular complexity index is 800. The number of ether oxygens (including phenoxy) is 2. The van der Waals surface area contributed by atoms with Crippen LogP contribution in [0, 0.1) is 0 Å². The first kappa shape index (κ1) is 18.3. The van der Waals surface area contributed by atoms with Crippen LogP contribution in [0.1, 0.15) is 25.0 Å². The monoisotopic (exact) mass is 354 g/mol. The van der Waals surface area contributed by atoms with Gasteiger partial charge < -0.3 is 19.7 Å². The molecule has 1 N–H and O–H groups in total. The maximum Gasteiger partial charge on any atom is 0.262 e. The lowest BCUT2D eigenvalue weighted by molar-refractivity contribution is -0.118. The van der Waals surface area contributed by atoms with Gasteiger partial charge in [-0.25, -0.2) is 0 Å². The number of amides is 1. The largest absolute Gasteiger partial charge is 0.483 e. The van der Waals surface area contributed by atoms with Gasteiger partial charge in [-0.3, -0.25) is 4.79 Å². The molecule has 2 aromatic carbocycles. The van der Waals surface area contributed by atoms with Gasteiger partial charge in [-0.05, 0) is 51.7 Å². The summed E-state index contributed by atoms with van der Waals surface area (Å²) < 4.78 is 11.7. The zero-order valence-corrected chi connectivity index (χ0v) is 15.8. The third-order valence-electron chi connectivity index (χ3n) is 4.12. The van der Waals surface area contributed by atoms with Crippen molar-refractivity contribution in [2.75, 3.05) is 26.0 Å². The number of fused-ring (bicyclic) bond motifs is 1. The van der Waals surface area contributed by atoms with E-state index in [9.17, 15) is 4.79 Å². The summed E-state index contributed by atoms with van der Waals surface area (Å²) >= 11 is 0. The van der Waals surface area contributed by atoms with E-state index in [0.29, 0.717) is 5.75 Å². The number of carbonyl (C=O) groups excluding carboxylic acids is 1. The quantitative estimate of drug-likeness (QED) is 0.863. The minimum atomic E-state index is -0.239. The molecule has 0 radical (unpaired) electrons. The van der Waals surface area contributed by atoms with E-state index in [4.69, 9.17) is 9.47 Å². The molecule has 1 aliphatic heterocycles. The summed E-state index contributed by atoms with van der Waals surface area (Å²) in [6, 6.07) is 13.6. The molecule has 0 bridgehead atoms. The fourth-order valence-corrected chi connectivity index (χ4v) is 3.15. The Morgan fingerprint density at radius 3 is 2.77 bits per heavy atom. The Balaban J connectivity index is 1.60. The normalized spacial score (nSPS) is 14.7. The molecular formula is C21H26N2O3. The molecule has 0 saturated heterocycles. The summed E-state index contributed by atoms with van der Waals surface area (Å²) in [5.74, 6) is 1.17. The molecule has 1 amide bonds. The van der Waals surface area contributed by atoms with Crippen molar-refractivity contribution in [3.8, 4) is 11.5 Å². The van der Waals surface area contributed by atoms with E-state index in [-0.39, 0.29) is 18.1 Å². The molecule has 1 aliphatic rings. The number of carbonyl (C=O) groups is 1. The number of nitrogens with zero attached hydrogens (tertiary/aromatic N) is 1. The van der Waals surface area contributed by atoms with E-state index in [1.807, 2.05) is 70.4 Å². The Hall–Kier alpha value is -2.53. The van der Waals surface area contributed by atoms with Crippen LogP contribution in [0.15, 0.2) is 42.5 Å². The van der Waals surface area contributed by atoms with E-state index in [1.165, 1.54) is 0 Å². The van der Waals surface area contributed by atoms with E-state index in [0.717, 1.165) is 35.5 Å². The van der Waals surface area contributed by atoms with Gasteiger partial charge in [0, 0.05) is 24.2 Å². The highest BCUT2D eigenvalue weighted by Crippen LogP contribution is 2.41. The lowest BCUT2D eigenvalue weighted by atomic mass is 10.0. The van der Waals surface area contributed by atoms with Gasteiger partial charge in [0.25, 0.3) is 5.91 Å². The molecule has 0 atom stereocenters. The zero-order chi connectivity index (χ0) is 18.7. The van der Waals surface area contributed by atoms with Crippen molar-refractivity contribution in [1.82, 2.24) is 4.90 Å². The third-order valence-corrected chi connectivity index (χ3v) is 4.12. The minimum absolute atomic E-state index is 0.0574.